The van der Waals surface area contributed by atoms with Crippen LogP contribution in [0, 0.1) is 5.82 Å². The lowest BCUT2D eigenvalue weighted by Crippen LogP contribution is -2.49. The van der Waals surface area contributed by atoms with Gasteiger partial charge in [-0.1, -0.05) is 48.0 Å². The highest BCUT2D eigenvalue weighted by Crippen LogP contribution is 2.21. The number of likely N-dealkylation sites (N-methyl/N-ethyl adjacent to an activating group) is 1. The highest BCUT2D eigenvalue weighted by atomic mass is 35.5. The van der Waals surface area contributed by atoms with E-state index in [-0.39, 0.29) is 18.2 Å². The molecule has 3 amide bonds. The SMILES string of the molecule is CN(C(=O)NCc1cccc(F)c1Cl)[C@@H](CCCN1CCN(CC(F)(F)F)CC1)COC(=O)Nc1cc2ccccc2cn1. The lowest BCUT2D eigenvalue weighted by Gasteiger charge is -2.35. The maximum Gasteiger partial charge on any atom is 0.412 e. The average molecular weight is 639 g/mol. The molecule has 0 bridgehead atoms. The van der Waals surface area contributed by atoms with E-state index in [2.05, 4.69) is 20.5 Å². The number of carbonyl (C=O) groups is 2. The number of pyridine rings is 1. The van der Waals surface area contributed by atoms with E-state index < -0.39 is 36.7 Å². The molecule has 1 fully saturated rings. The summed E-state index contributed by atoms with van der Waals surface area (Å²) in [7, 11) is 1.56. The van der Waals surface area contributed by atoms with Gasteiger partial charge in [-0.05, 0) is 42.5 Å². The van der Waals surface area contributed by atoms with E-state index in [0.29, 0.717) is 56.9 Å². The molecule has 1 saturated heterocycles. The Bertz CT molecular complexity index is 1420. The summed E-state index contributed by atoms with van der Waals surface area (Å²) >= 11 is 6.01. The van der Waals surface area contributed by atoms with Crippen molar-refractivity contribution in [2.75, 3.05) is 58.2 Å². The van der Waals surface area contributed by atoms with Crippen molar-refractivity contribution in [1.29, 1.82) is 0 Å². The van der Waals surface area contributed by atoms with Crippen molar-refractivity contribution >= 4 is 40.3 Å². The number of rotatable bonds is 11. The zero-order valence-corrected chi connectivity index (χ0v) is 25.0. The quantitative estimate of drug-likeness (QED) is 0.260. The number of hydrogen-bond acceptors (Lipinski definition) is 6. The molecule has 3 aromatic rings. The van der Waals surface area contributed by atoms with Crippen LogP contribution in [0.2, 0.25) is 5.02 Å². The highest BCUT2D eigenvalue weighted by Gasteiger charge is 2.32. The first-order valence-corrected chi connectivity index (χ1v) is 14.6. The Morgan fingerprint density at radius 2 is 1.77 bits per heavy atom. The minimum atomic E-state index is -4.22. The molecule has 4 rings (SSSR count). The normalized spacial score (nSPS) is 15.1. The number of hydrogen-bond donors (Lipinski definition) is 2. The molecule has 2 heterocycles. The summed E-state index contributed by atoms with van der Waals surface area (Å²) in [6.45, 7) is 1.20. The first kappa shape index (κ1) is 33.2. The van der Waals surface area contributed by atoms with Gasteiger partial charge in [0.2, 0.25) is 0 Å². The number of piperazine rings is 1. The van der Waals surface area contributed by atoms with Crippen molar-refractivity contribution in [2.24, 2.45) is 0 Å². The molecule has 0 aliphatic carbocycles. The van der Waals surface area contributed by atoms with Crippen LogP contribution < -0.4 is 10.6 Å². The minimum Gasteiger partial charge on any atom is -0.447 e. The van der Waals surface area contributed by atoms with Crippen LogP contribution in [-0.2, 0) is 11.3 Å². The molecule has 1 atom stereocenters. The van der Waals surface area contributed by atoms with Crippen LogP contribution in [0.3, 0.4) is 0 Å². The van der Waals surface area contributed by atoms with Crippen molar-refractivity contribution in [3.05, 3.63) is 71.1 Å². The third kappa shape index (κ3) is 9.93. The summed E-state index contributed by atoms with van der Waals surface area (Å²) in [4.78, 5) is 34.8. The number of alkyl halides is 3. The fourth-order valence-corrected chi connectivity index (χ4v) is 5.17. The van der Waals surface area contributed by atoms with Gasteiger partial charge >= 0.3 is 18.3 Å². The van der Waals surface area contributed by atoms with Gasteiger partial charge in [-0.25, -0.2) is 19.0 Å². The molecule has 0 radical (unpaired) electrons. The summed E-state index contributed by atoms with van der Waals surface area (Å²) in [5.74, 6) is -0.280. The topological polar surface area (TPSA) is 90.0 Å². The van der Waals surface area contributed by atoms with E-state index in [4.69, 9.17) is 16.3 Å². The molecule has 44 heavy (non-hydrogen) atoms. The number of anilines is 1. The fourth-order valence-electron chi connectivity index (χ4n) is 4.97. The number of benzene rings is 2. The standard InChI is InChI=1S/C30H35ClF4N6O3/c1-39(28(42)37-18-23-8-4-10-25(32)27(23)31)24(9-5-11-40-12-14-41(15-13-40)20-30(33,34)35)19-44-29(43)38-26-16-21-6-2-3-7-22(21)17-36-26/h2-4,6-8,10,16-17,24H,5,9,11-15,18-20H2,1H3,(H,37,42)(H,36,38,43)/t24-/m0/s1. The molecule has 9 nitrogen and oxygen atoms in total. The Morgan fingerprint density at radius 3 is 2.50 bits per heavy atom. The number of ether oxygens (including phenoxy) is 1. The van der Waals surface area contributed by atoms with E-state index >= 15 is 0 Å². The second kappa shape index (κ2) is 15.4. The van der Waals surface area contributed by atoms with E-state index in [1.54, 1.807) is 25.4 Å². The van der Waals surface area contributed by atoms with Crippen LogP contribution in [0.5, 0.6) is 0 Å². The number of aromatic nitrogens is 1. The second-order valence-electron chi connectivity index (χ2n) is 10.7. The van der Waals surface area contributed by atoms with Crippen molar-refractivity contribution in [3.8, 4) is 0 Å². The molecular weight excluding hydrogens is 604 g/mol. The predicted molar refractivity (Wildman–Crippen MR) is 160 cm³/mol. The number of halogens is 5. The Labute approximate surface area is 258 Å². The average Bonchev–Trinajstić information content (AvgIpc) is 2.99. The Balaban J connectivity index is 1.32. The molecule has 14 heteroatoms. The smallest absolute Gasteiger partial charge is 0.412 e. The summed E-state index contributed by atoms with van der Waals surface area (Å²) in [5, 5.41) is 7.06. The third-order valence-corrected chi connectivity index (χ3v) is 7.90. The molecule has 1 aliphatic heterocycles. The molecular formula is C30H35ClF4N6O3. The van der Waals surface area contributed by atoms with Crippen LogP contribution in [0.1, 0.15) is 18.4 Å². The largest absolute Gasteiger partial charge is 0.447 e. The lowest BCUT2D eigenvalue weighted by molar-refractivity contribution is -0.149. The first-order valence-electron chi connectivity index (χ1n) is 14.2. The zero-order chi connectivity index (χ0) is 31.7. The van der Waals surface area contributed by atoms with Crippen LogP contribution in [0.25, 0.3) is 10.8 Å². The van der Waals surface area contributed by atoms with Crippen LogP contribution in [-0.4, -0.2) is 96.9 Å². The molecule has 2 N–H and O–H groups in total. The number of carbonyl (C=O) groups excluding carboxylic acids is 2. The van der Waals surface area contributed by atoms with Gasteiger partial charge in [-0.3, -0.25) is 10.2 Å². The van der Waals surface area contributed by atoms with Gasteiger partial charge in [-0.15, -0.1) is 0 Å². The van der Waals surface area contributed by atoms with Gasteiger partial charge in [0.25, 0.3) is 0 Å². The highest BCUT2D eigenvalue weighted by molar-refractivity contribution is 6.31. The van der Waals surface area contributed by atoms with Crippen molar-refractivity contribution in [2.45, 2.75) is 31.6 Å². The molecule has 0 unspecified atom stereocenters. The molecule has 2 aromatic carbocycles. The van der Waals surface area contributed by atoms with Gasteiger partial charge in [-0.2, -0.15) is 13.2 Å². The van der Waals surface area contributed by atoms with Gasteiger partial charge in [0.05, 0.1) is 17.6 Å². The van der Waals surface area contributed by atoms with Crippen LogP contribution >= 0.6 is 11.6 Å². The Morgan fingerprint density at radius 1 is 1.07 bits per heavy atom. The summed E-state index contributed by atoms with van der Waals surface area (Å²) in [5.41, 5.74) is 0.410. The monoisotopic (exact) mass is 638 g/mol. The summed E-state index contributed by atoms with van der Waals surface area (Å²) in [6.07, 6.45) is -2.26. The van der Waals surface area contributed by atoms with Crippen LogP contribution in [0.4, 0.5) is 33.0 Å². The van der Waals surface area contributed by atoms with Gasteiger partial charge in [0.1, 0.15) is 18.2 Å². The predicted octanol–water partition coefficient (Wildman–Crippen LogP) is 5.75. The molecule has 0 saturated carbocycles. The number of urea groups is 1. The molecule has 1 aliphatic rings. The maximum absolute atomic E-state index is 13.8. The Kier molecular flexibility index (Phi) is 11.6. The van der Waals surface area contributed by atoms with Gasteiger partial charge < -0.3 is 19.9 Å². The molecule has 1 aromatic heterocycles. The Hall–Kier alpha value is -3.68. The van der Waals surface area contributed by atoms with E-state index in [1.165, 1.54) is 21.9 Å². The van der Waals surface area contributed by atoms with E-state index in [0.717, 1.165) is 10.8 Å². The van der Waals surface area contributed by atoms with Gasteiger partial charge in [0, 0.05) is 51.4 Å². The first-order chi connectivity index (χ1) is 21.0. The number of fused-ring (bicyclic) bond motifs is 1. The fraction of sp³-hybridized carbons (Fsp3) is 0.433. The number of nitrogens with one attached hydrogen (secondary N) is 2. The molecule has 0 spiro atoms. The number of amides is 3. The lowest BCUT2D eigenvalue weighted by atomic mass is 10.1. The van der Waals surface area contributed by atoms with Crippen LogP contribution in [0.15, 0.2) is 54.7 Å². The van der Waals surface area contributed by atoms with Crippen molar-refractivity contribution in [3.63, 3.8) is 0 Å². The van der Waals surface area contributed by atoms with E-state index in [9.17, 15) is 27.2 Å². The van der Waals surface area contributed by atoms with E-state index in [1.807, 2.05) is 24.3 Å². The van der Waals surface area contributed by atoms with Crippen molar-refractivity contribution in [1.82, 2.24) is 25.0 Å². The third-order valence-electron chi connectivity index (χ3n) is 7.48. The maximum atomic E-state index is 13.8. The summed E-state index contributed by atoms with van der Waals surface area (Å²) in [6, 6.07) is 12.6. The summed E-state index contributed by atoms with van der Waals surface area (Å²) < 4.78 is 57.4. The zero-order valence-electron chi connectivity index (χ0n) is 24.2. The van der Waals surface area contributed by atoms with Gasteiger partial charge in [0.15, 0.2) is 0 Å². The van der Waals surface area contributed by atoms with Crippen molar-refractivity contribution < 1.29 is 31.9 Å². The number of nitrogens with zero attached hydrogens (tertiary/aromatic N) is 4. The second-order valence-corrected chi connectivity index (χ2v) is 11.0. The molecule has 238 valence electrons. The minimum absolute atomic E-state index is 0.0103.